The molecule has 104 valence electrons. The van der Waals surface area contributed by atoms with Gasteiger partial charge < -0.3 is 20.1 Å². The number of rotatable bonds is 5. The number of carboxylic acid groups (broad SMARTS) is 1. The number of hydrogen-bond donors (Lipinski definition) is 2. The summed E-state index contributed by atoms with van der Waals surface area (Å²) >= 11 is 0. The Hall–Kier alpha value is -1.79. The van der Waals surface area contributed by atoms with Crippen molar-refractivity contribution in [1.29, 1.82) is 0 Å². The molecular formula is C11H20N2O5. The van der Waals surface area contributed by atoms with Crippen LogP contribution < -0.4 is 5.32 Å². The molecule has 0 bridgehead atoms. The second-order valence-electron chi connectivity index (χ2n) is 4.82. The van der Waals surface area contributed by atoms with Crippen LogP contribution >= 0.6 is 0 Å². The molecule has 0 aliphatic heterocycles. The van der Waals surface area contributed by atoms with E-state index in [4.69, 9.17) is 9.84 Å². The standard InChI is InChI=1S/C11H20N2O5/c1-11(2,3)18-10(17)12-6-5-8(14)13(4)7-9(15)16/h5-7H2,1-4H3,(H,12,17)(H,15,16). The zero-order chi connectivity index (χ0) is 14.3. The first-order chi connectivity index (χ1) is 8.11. The number of nitrogens with zero attached hydrogens (tertiary/aromatic N) is 1. The molecule has 0 fully saturated rings. The number of aliphatic carboxylic acids is 1. The second kappa shape index (κ2) is 6.83. The van der Waals surface area contributed by atoms with Crippen molar-refractivity contribution in [2.45, 2.75) is 32.8 Å². The fraction of sp³-hybridized carbons (Fsp3) is 0.727. The van der Waals surface area contributed by atoms with Crippen molar-refractivity contribution in [2.24, 2.45) is 0 Å². The van der Waals surface area contributed by atoms with E-state index in [1.807, 2.05) is 0 Å². The molecule has 0 aliphatic rings. The Morgan fingerprint density at radius 2 is 1.83 bits per heavy atom. The third-order valence-electron chi connectivity index (χ3n) is 1.81. The average Bonchev–Trinajstić information content (AvgIpc) is 2.13. The van der Waals surface area contributed by atoms with Crippen molar-refractivity contribution < 1.29 is 24.2 Å². The van der Waals surface area contributed by atoms with Crippen LogP contribution in [0.1, 0.15) is 27.2 Å². The molecule has 2 amide bonds. The molecule has 0 spiro atoms. The minimum atomic E-state index is -1.08. The number of nitrogens with one attached hydrogen (secondary N) is 1. The van der Waals surface area contributed by atoms with E-state index in [1.54, 1.807) is 20.8 Å². The van der Waals surface area contributed by atoms with E-state index in [0.29, 0.717) is 0 Å². The van der Waals surface area contributed by atoms with Gasteiger partial charge in [-0.1, -0.05) is 0 Å². The molecule has 0 rings (SSSR count). The van der Waals surface area contributed by atoms with Crippen molar-refractivity contribution in [3.8, 4) is 0 Å². The summed E-state index contributed by atoms with van der Waals surface area (Å²) in [5.41, 5.74) is -0.589. The maximum absolute atomic E-state index is 11.4. The lowest BCUT2D eigenvalue weighted by Gasteiger charge is -2.20. The van der Waals surface area contributed by atoms with E-state index in [1.165, 1.54) is 7.05 Å². The number of ether oxygens (including phenoxy) is 1. The Morgan fingerprint density at radius 1 is 1.28 bits per heavy atom. The quantitative estimate of drug-likeness (QED) is 0.748. The summed E-state index contributed by atoms with van der Waals surface area (Å²) in [5, 5.41) is 10.9. The van der Waals surface area contributed by atoms with Gasteiger partial charge in [-0.15, -0.1) is 0 Å². The summed E-state index contributed by atoms with van der Waals surface area (Å²) < 4.78 is 4.98. The van der Waals surface area contributed by atoms with Gasteiger partial charge in [-0.05, 0) is 20.8 Å². The lowest BCUT2D eigenvalue weighted by atomic mass is 10.2. The van der Waals surface area contributed by atoms with Gasteiger partial charge in [0.2, 0.25) is 5.91 Å². The minimum absolute atomic E-state index is 0.0308. The highest BCUT2D eigenvalue weighted by molar-refractivity contribution is 5.81. The van der Waals surface area contributed by atoms with Gasteiger partial charge in [0.1, 0.15) is 12.1 Å². The Balaban J connectivity index is 3.87. The third-order valence-corrected chi connectivity index (χ3v) is 1.81. The van der Waals surface area contributed by atoms with Crippen molar-refractivity contribution in [1.82, 2.24) is 10.2 Å². The van der Waals surface area contributed by atoms with Crippen LogP contribution in [0.15, 0.2) is 0 Å². The van der Waals surface area contributed by atoms with E-state index in [2.05, 4.69) is 5.32 Å². The SMILES string of the molecule is CN(CC(=O)O)C(=O)CCNC(=O)OC(C)(C)C. The summed E-state index contributed by atoms with van der Waals surface area (Å²) in [5.74, 6) is -1.43. The van der Waals surface area contributed by atoms with Gasteiger partial charge in [0.05, 0.1) is 0 Å². The molecule has 18 heavy (non-hydrogen) atoms. The lowest BCUT2D eigenvalue weighted by molar-refractivity contribution is -0.143. The van der Waals surface area contributed by atoms with Gasteiger partial charge in [0.25, 0.3) is 0 Å². The molecule has 0 aromatic carbocycles. The Morgan fingerprint density at radius 3 is 2.28 bits per heavy atom. The fourth-order valence-corrected chi connectivity index (χ4v) is 1.07. The monoisotopic (exact) mass is 260 g/mol. The van der Waals surface area contributed by atoms with Crippen molar-refractivity contribution >= 4 is 18.0 Å². The summed E-state index contributed by atoms with van der Waals surface area (Å²) in [6.45, 7) is 4.96. The van der Waals surface area contributed by atoms with Crippen LogP contribution in [-0.4, -0.2) is 53.7 Å². The highest BCUT2D eigenvalue weighted by Crippen LogP contribution is 2.06. The van der Waals surface area contributed by atoms with Gasteiger partial charge in [0, 0.05) is 20.0 Å². The number of alkyl carbamates (subject to hydrolysis) is 1. The van der Waals surface area contributed by atoms with Crippen LogP contribution in [0, 0.1) is 0 Å². The topological polar surface area (TPSA) is 95.9 Å². The van der Waals surface area contributed by atoms with Crippen LogP contribution in [0.4, 0.5) is 4.79 Å². The van der Waals surface area contributed by atoms with E-state index < -0.39 is 17.7 Å². The molecule has 0 atom stereocenters. The summed E-state index contributed by atoms with van der Waals surface area (Å²) in [6, 6.07) is 0. The molecule has 0 saturated carbocycles. The average molecular weight is 260 g/mol. The summed E-state index contributed by atoms with van der Waals surface area (Å²) in [7, 11) is 1.39. The van der Waals surface area contributed by atoms with E-state index in [9.17, 15) is 14.4 Å². The number of amides is 2. The predicted molar refractivity (Wildman–Crippen MR) is 64.1 cm³/mol. The van der Waals surface area contributed by atoms with Gasteiger partial charge >= 0.3 is 12.1 Å². The van der Waals surface area contributed by atoms with Crippen molar-refractivity contribution in [3.63, 3.8) is 0 Å². The zero-order valence-electron chi connectivity index (χ0n) is 11.1. The number of hydrogen-bond acceptors (Lipinski definition) is 4. The molecule has 0 heterocycles. The number of carbonyl (C=O) groups is 3. The Labute approximate surface area is 106 Å². The molecule has 7 nitrogen and oxygen atoms in total. The van der Waals surface area contributed by atoms with Crippen LogP contribution in [0.3, 0.4) is 0 Å². The molecule has 0 aromatic heterocycles. The first kappa shape index (κ1) is 16.2. The predicted octanol–water partition coefficient (Wildman–Crippen LogP) is 0.444. The van der Waals surface area contributed by atoms with E-state index in [0.717, 1.165) is 4.90 Å². The second-order valence-corrected chi connectivity index (χ2v) is 4.82. The smallest absolute Gasteiger partial charge is 0.407 e. The highest BCUT2D eigenvalue weighted by Gasteiger charge is 2.16. The summed E-state index contributed by atoms with van der Waals surface area (Å²) in [4.78, 5) is 34.1. The van der Waals surface area contributed by atoms with Gasteiger partial charge in [-0.3, -0.25) is 9.59 Å². The Kier molecular flexibility index (Phi) is 6.15. The Bertz CT molecular complexity index is 322. The fourth-order valence-electron chi connectivity index (χ4n) is 1.07. The summed E-state index contributed by atoms with van der Waals surface area (Å²) in [6.07, 6.45) is -0.570. The van der Waals surface area contributed by atoms with E-state index in [-0.39, 0.29) is 25.4 Å². The first-order valence-electron chi connectivity index (χ1n) is 5.54. The molecule has 0 saturated heterocycles. The molecule has 0 aromatic rings. The number of carbonyl (C=O) groups excluding carboxylic acids is 2. The molecule has 0 unspecified atom stereocenters. The maximum atomic E-state index is 11.4. The first-order valence-corrected chi connectivity index (χ1v) is 5.54. The van der Waals surface area contributed by atoms with Crippen LogP contribution in [0.2, 0.25) is 0 Å². The van der Waals surface area contributed by atoms with Crippen LogP contribution in [-0.2, 0) is 14.3 Å². The highest BCUT2D eigenvalue weighted by atomic mass is 16.6. The van der Waals surface area contributed by atoms with Crippen LogP contribution in [0.25, 0.3) is 0 Å². The number of carboxylic acids is 1. The van der Waals surface area contributed by atoms with Gasteiger partial charge in [-0.2, -0.15) is 0 Å². The molecule has 7 heteroatoms. The van der Waals surface area contributed by atoms with Gasteiger partial charge in [0.15, 0.2) is 0 Å². The van der Waals surface area contributed by atoms with Crippen molar-refractivity contribution in [2.75, 3.05) is 20.1 Å². The zero-order valence-corrected chi connectivity index (χ0v) is 11.1. The maximum Gasteiger partial charge on any atom is 0.407 e. The van der Waals surface area contributed by atoms with Gasteiger partial charge in [-0.25, -0.2) is 4.79 Å². The largest absolute Gasteiger partial charge is 0.480 e. The van der Waals surface area contributed by atoms with E-state index >= 15 is 0 Å². The molecule has 0 aliphatic carbocycles. The normalized spacial score (nSPS) is 10.7. The minimum Gasteiger partial charge on any atom is -0.480 e. The molecule has 2 N–H and O–H groups in total. The number of likely N-dealkylation sites (N-methyl/N-ethyl adjacent to an activating group) is 1. The van der Waals surface area contributed by atoms with Crippen molar-refractivity contribution in [3.05, 3.63) is 0 Å². The molecular weight excluding hydrogens is 240 g/mol. The third kappa shape index (κ3) is 8.37. The molecule has 0 radical (unpaired) electrons. The van der Waals surface area contributed by atoms with Crippen LogP contribution in [0.5, 0.6) is 0 Å². The lowest BCUT2D eigenvalue weighted by Crippen LogP contribution is -2.37.